The first-order chi connectivity index (χ1) is 12.6. The van der Waals surface area contributed by atoms with E-state index >= 15 is 0 Å². The highest BCUT2D eigenvalue weighted by Crippen LogP contribution is 2.41. The van der Waals surface area contributed by atoms with Crippen LogP contribution in [0.1, 0.15) is 22.7 Å². The maximum Gasteiger partial charge on any atom is 0.115 e. The molecule has 0 aliphatic carbocycles. The minimum Gasteiger partial charge on any atom is -0.382 e. The van der Waals surface area contributed by atoms with Gasteiger partial charge in [0.2, 0.25) is 0 Å². The van der Waals surface area contributed by atoms with Gasteiger partial charge in [-0.05, 0) is 28.8 Å². The van der Waals surface area contributed by atoms with Crippen molar-refractivity contribution in [2.45, 2.75) is 11.6 Å². The van der Waals surface area contributed by atoms with Gasteiger partial charge >= 0.3 is 0 Å². The Balaban J connectivity index is 1.62. The summed E-state index contributed by atoms with van der Waals surface area (Å²) in [6, 6.07) is 26.3. The minimum atomic E-state index is -0.907. The zero-order chi connectivity index (χ0) is 18.1. The molecule has 0 amide bonds. The molecule has 0 bridgehead atoms. The Bertz CT molecular complexity index is 853. The number of nitrogens with zero attached hydrogens (tertiary/aromatic N) is 1. The lowest BCUT2D eigenvalue weighted by Crippen LogP contribution is -2.60. The van der Waals surface area contributed by atoms with E-state index in [0.29, 0.717) is 23.1 Å². The molecule has 4 heteroatoms. The van der Waals surface area contributed by atoms with E-state index in [4.69, 9.17) is 23.2 Å². The normalized spacial score (nSPS) is 16.5. The van der Waals surface area contributed by atoms with Crippen molar-refractivity contribution < 1.29 is 5.11 Å². The van der Waals surface area contributed by atoms with Gasteiger partial charge < -0.3 is 5.11 Å². The van der Waals surface area contributed by atoms with Gasteiger partial charge in [0, 0.05) is 13.1 Å². The molecule has 1 aliphatic rings. The molecule has 26 heavy (non-hydrogen) atoms. The second-order valence-corrected chi connectivity index (χ2v) is 7.60. The summed E-state index contributed by atoms with van der Waals surface area (Å²) in [7, 11) is 0. The first kappa shape index (κ1) is 17.6. The Hall–Kier alpha value is -1.84. The van der Waals surface area contributed by atoms with Crippen molar-refractivity contribution in [2.75, 3.05) is 13.1 Å². The second-order valence-electron chi connectivity index (χ2n) is 6.79. The molecule has 1 N–H and O–H groups in total. The lowest BCUT2D eigenvalue weighted by molar-refractivity contribution is -0.116. The molecule has 1 heterocycles. The summed E-state index contributed by atoms with van der Waals surface area (Å²) < 4.78 is 0. The highest BCUT2D eigenvalue weighted by molar-refractivity contribution is 6.42. The third kappa shape index (κ3) is 3.26. The fourth-order valence-electron chi connectivity index (χ4n) is 3.66. The molecule has 0 unspecified atom stereocenters. The number of rotatable bonds is 4. The van der Waals surface area contributed by atoms with E-state index in [9.17, 15) is 5.11 Å². The first-order valence-corrected chi connectivity index (χ1v) is 9.34. The molecule has 1 fully saturated rings. The van der Waals surface area contributed by atoms with Crippen molar-refractivity contribution in [3.05, 3.63) is 106 Å². The number of β-amino-alcohol motifs (C(OH)–C–C–N with tert-alkyl or cyclic N) is 1. The van der Waals surface area contributed by atoms with E-state index < -0.39 is 5.60 Å². The summed E-state index contributed by atoms with van der Waals surface area (Å²) in [5, 5.41) is 12.0. The Morgan fingerprint density at radius 3 is 1.81 bits per heavy atom. The SMILES string of the molecule is OC1(c2ccc(Cl)c(Cl)c2)CN(C(c2ccccc2)c2ccccc2)C1. The van der Waals surface area contributed by atoms with Crippen molar-refractivity contribution in [2.24, 2.45) is 0 Å². The lowest BCUT2D eigenvalue weighted by Gasteiger charge is -2.50. The lowest BCUT2D eigenvalue weighted by atomic mass is 9.82. The summed E-state index contributed by atoms with van der Waals surface area (Å²) >= 11 is 12.1. The topological polar surface area (TPSA) is 23.5 Å². The van der Waals surface area contributed by atoms with E-state index in [2.05, 4.69) is 53.4 Å². The van der Waals surface area contributed by atoms with Gasteiger partial charge in [0.05, 0.1) is 16.1 Å². The molecule has 1 aliphatic heterocycles. The van der Waals surface area contributed by atoms with Gasteiger partial charge in [0.1, 0.15) is 5.60 Å². The average Bonchev–Trinajstić information content (AvgIpc) is 2.64. The number of aliphatic hydroxyl groups is 1. The third-order valence-corrected chi connectivity index (χ3v) is 5.72. The molecule has 3 aromatic carbocycles. The van der Waals surface area contributed by atoms with E-state index in [1.807, 2.05) is 18.2 Å². The molecule has 0 spiro atoms. The molecule has 132 valence electrons. The predicted molar refractivity (Wildman–Crippen MR) is 107 cm³/mol. The maximum absolute atomic E-state index is 11.1. The summed E-state index contributed by atoms with van der Waals surface area (Å²) in [6.45, 7) is 1.08. The molecule has 0 radical (unpaired) electrons. The van der Waals surface area contributed by atoms with Gasteiger partial charge in [-0.1, -0.05) is 89.9 Å². The number of likely N-dealkylation sites (tertiary alicyclic amines) is 1. The molecule has 0 aromatic heterocycles. The van der Waals surface area contributed by atoms with Crippen LogP contribution >= 0.6 is 23.2 Å². The van der Waals surface area contributed by atoms with Crippen LogP contribution in [0.25, 0.3) is 0 Å². The first-order valence-electron chi connectivity index (χ1n) is 8.59. The van der Waals surface area contributed by atoms with E-state index in [0.717, 1.165) is 5.56 Å². The quantitative estimate of drug-likeness (QED) is 0.661. The molecule has 4 rings (SSSR count). The van der Waals surface area contributed by atoms with Crippen LogP contribution in [-0.2, 0) is 5.60 Å². The third-order valence-electron chi connectivity index (χ3n) is 4.98. The number of benzene rings is 3. The van der Waals surface area contributed by atoms with Gasteiger partial charge in [0.15, 0.2) is 0 Å². The van der Waals surface area contributed by atoms with Crippen LogP contribution in [0.15, 0.2) is 78.9 Å². The second kappa shape index (κ2) is 7.05. The van der Waals surface area contributed by atoms with Gasteiger partial charge in [-0.25, -0.2) is 0 Å². The summed E-state index contributed by atoms with van der Waals surface area (Å²) in [5.74, 6) is 0. The largest absolute Gasteiger partial charge is 0.382 e. The standard InChI is InChI=1S/C22H19Cl2NO/c23-19-12-11-18(13-20(19)24)22(26)14-25(15-22)21(16-7-3-1-4-8-16)17-9-5-2-6-10-17/h1-13,21,26H,14-15H2. The summed E-state index contributed by atoms with van der Waals surface area (Å²) in [5.41, 5.74) is 2.34. The molecule has 0 atom stereocenters. The van der Waals surface area contributed by atoms with Gasteiger partial charge in [-0.3, -0.25) is 4.90 Å². The van der Waals surface area contributed by atoms with Gasteiger partial charge in [0.25, 0.3) is 0 Å². The van der Waals surface area contributed by atoms with Crippen LogP contribution in [0.5, 0.6) is 0 Å². The summed E-state index contributed by atoms with van der Waals surface area (Å²) in [6.07, 6.45) is 0. The average molecular weight is 384 g/mol. The Morgan fingerprint density at radius 1 is 0.769 bits per heavy atom. The molecular weight excluding hydrogens is 365 g/mol. The van der Waals surface area contributed by atoms with Crippen LogP contribution in [0, 0.1) is 0 Å². The fourth-order valence-corrected chi connectivity index (χ4v) is 3.96. The van der Waals surface area contributed by atoms with Gasteiger partial charge in [-0.2, -0.15) is 0 Å². The van der Waals surface area contributed by atoms with E-state index in [1.54, 1.807) is 12.1 Å². The van der Waals surface area contributed by atoms with Crippen LogP contribution in [0.3, 0.4) is 0 Å². The van der Waals surface area contributed by atoms with Crippen molar-refractivity contribution in [1.29, 1.82) is 0 Å². The minimum absolute atomic E-state index is 0.112. The van der Waals surface area contributed by atoms with Crippen molar-refractivity contribution >= 4 is 23.2 Å². The van der Waals surface area contributed by atoms with Crippen LogP contribution in [0.4, 0.5) is 0 Å². The van der Waals surface area contributed by atoms with Crippen molar-refractivity contribution in [3.8, 4) is 0 Å². The highest BCUT2D eigenvalue weighted by atomic mass is 35.5. The summed E-state index contributed by atoms with van der Waals surface area (Å²) in [4.78, 5) is 2.28. The molecule has 2 nitrogen and oxygen atoms in total. The predicted octanol–water partition coefficient (Wildman–Crippen LogP) is 5.29. The Kier molecular flexibility index (Phi) is 4.76. The smallest absolute Gasteiger partial charge is 0.115 e. The van der Waals surface area contributed by atoms with E-state index in [-0.39, 0.29) is 6.04 Å². The zero-order valence-corrected chi connectivity index (χ0v) is 15.7. The van der Waals surface area contributed by atoms with Crippen LogP contribution in [-0.4, -0.2) is 23.1 Å². The number of hydrogen-bond acceptors (Lipinski definition) is 2. The van der Waals surface area contributed by atoms with Crippen LogP contribution < -0.4 is 0 Å². The number of hydrogen-bond donors (Lipinski definition) is 1. The molecule has 1 saturated heterocycles. The molecule has 0 saturated carbocycles. The van der Waals surface area contributed by atoms with Crippen molar-refractivity contribution in [1.82, 2.24) is 4.90 Å². The van der Waals surface area contributed by atoms with Crippen LogP contribution in [0.2, 0.25) is 10.0 Å². The highest BCUT2D eigenvalue weighted by Gasteiger charge is 2.46. The monoisotopic (exact) mass is 383 g/mol. The Labute approximate surface area is 163 Å². The van der Waals surface area contributed by atoms with Crippen molar-refractivity contribution in [3.63, 3.8) is 0 Å². The zero-order valence-electron chi connectivity index (χ0n) is 14.1. The maximum atomic E-state index is 11.1. The fraction of sp³-hybridized carbons (Fsp3) is 0.182. The molecular formula is C22H19Cl2NO. The Morgan fingerprint density at radius 2 is 1.31 bits per heavy atom. The molecule has 3 aromatic rings. The van der Waals surface area contributed by atoms with E-state index in [1.165, 1.54) is 11.1 Å². The number of halogens is 2. The van der Waals surface area contributed by atoms with Gasteiger partial charge in [-0.15, -0.1) is 0 Å².